The molecule has 6 atom stereocenters. The Morgan fingerprint density at radius 2 is 1.94 bits per heavy atom. The Balaban J connectivity index is 1.80. The summed E-state index contributed by atoms with van der Waals surface area (Å²) in [6.07, 6.45) is -4.21. The van der Waals surface area contributed by atoms with E-state index in [9.17, 15) is 24.1 Å². The van der Waals surface area contributed by atoms with Crippen LogP contribution in [0.3, 0.4) is 0 Å². The van der Waals surface area contributed by atoms with Crippen molar-refractivity contribution in [2.45, 2.75) is 63.9 Å². The summed E-state index contributed by atoms with van der Waals surface area (Å²) < 4.78 is 51.4. The van der Waals surface area contributed by atoms with Crippen LogP contribution in [0.4, 0.5) is 4.39 Å². The van der Waals surface area contributed by atoms with Gasteiger partial charge in [0, 0.05) is 12.3 Å². The number of hydrogen-bond acceptors (Lipinski definition) is 9. The van der Waals surface area contributed by atoms with E-state index in [1.807, 2.05) is 4.98 Å². The van der Waals surface area contributed by atoms with Crippen molar-refractivity contribution in [2.75, 3.05) is 6.61 Å². The van der Waals surface area contributed by atoms with Gasteiger partial charge in [0.05, 0.1) is 12.7 Å². The highest BCUT2D eigenvalue weighted by atomic mass is 31.2. The lowest BCUT2D eigenvalue weighted by Gasteiger charge is -2.25. The Hall–Kier alpha value is -2.83. The summed E-state index contributed by atoms with van der Waals surface area (Å²) >= 11 is 0. The quantitative estimate of drug-likeness (QED) is 0.305. The molecule has 0 amide bonds. The van der Waals surface area contributed by atoms with Crippen LogP contribution in [-0.2, 0) is 23.4 Å². The Morgan fingerprint density at radius 1 is 1.28 bits per heavy atom. The maximum Gasteiger partial charge on any atom is 0.459 e. The van der Waals surface area contributed by atoms with Gasteiger partial charge in [-0.3, -0.25) is 23.7 Å². The van der Waals surface area contributed by atoms with Crippen LogP contribution in [0.15, 0.2) is 52.2 Å². The van der Waals surface area contributed by atoms with E-state index in [0.29, 0.717) is 0 Å². The Labute approximate surface area is 205 Å². The van der Waals surface area contributed by atoms with Gasteiger partial charge in [-0.05, 0) is 39.8 Å². The van der Waals surface area contributed by atoms with Gasteiger partial charge in [0.1, 0.15) is 24.0 Å². The van der Waals surface area contributed by atoms with E-state index in [4.69, 9.17) is 18.5 Å². The lowest BCUT2D eigenvalue weighted by atomic mass is 9.98. The summed E-state index contributed by atoms with van der Waals surface area (Å²) in [5.41, 5.74) is -4.12. The van der Waals surface area contributed by atoms with E-state index in [1.54, 1.807) is 32.0 Å². The van der Waals surface area contributed by atoms with Crippen LogP contribution in [0.25, 0.3) is 0 Å². The highest BCUT2D eigenvalue weighted by molar-refractivity contribution is 7.52. The third kappa shape index (κ3) is 6.48. The molecule has 0 aliphatic carbocycles. The number of nitrogens with one attached hydrogen (secondary N) is 2. The molecule has 0 bridgehead atoms. The van der Waals surface area contributed by atoms with Crippen molar-refractivity contribution in [2.24, 2.45) is 0 Å². The fourth-order valence-electron chi connectivity index (χ4n) is 3.47. The number of hydrogen-bond donors (Lipinski definition) is 3. The molecule has 12 nitrogen and oxygen atoms in total. The molecule has 2 aromatic rings. The number of aromatic amines is 1. The lowest BCUT2D eigenvalue weighted by molar-refractivity contribution is -0.149. The molecule has 14 heteroatoms. The zero-order valence-corrected chi connectivity index (χ0v) is 21.0. The highest BCUT2D eigenvalue weighted by Crippen LogP contribution is 2.47. The molecule has 0 radical (unpaired) electrons. The van der Waals surface area contributed by atoms with Gasteiger partial charge in [0.15, 0.2) is 11.9 Å². The summed E-state index contributed by atoms with van der Waals surface area (Å²) in [5.74, 6) is -0.560. The number of carbonyl (C=O) groups excluding carboxylic acids is 1. The molecule has 2 heterocycles. The van der Waals surface area contributed by atoms with E-state index < -0.39 is 67.8 Å². The van der Waals surface area contributed by atoms with Gasteiger partial charge >= 0.3 is 19.4 Å². The van der Waals surface area contributed by atoms with Crippen molar-refractivity contribution >= 4 is 13.7 Å². The second-order valence-corrected chi connectivity index (χ2v) is 10.4. The number of para-hydroxylation sites is 1. The molecule has 1 aliphatic rings. The van der Waals surface area contributed by atoms with Gasteiger partial charge < -0.3 is 19.1 Å². The SMILES string of the molecule is CC(C)OC(=O)[C@H](C)N[P@](=O)(OCC1OC(n2ccc(=O)[nH]c2=O)[C@](C)(F)[C@@H]1O)Oc1ccccc1. The van der Waals surface area contributed by atoms with Crippen molar-refractivity contribution in [1.82, 2.24) is 14.6 Å². The minimum Gasteiger partial charge on any atom is -0.462 e. The number of aromatic nitrogens is 2. The normalized spacial score (nSPS) is 26.4. The monoisotopic (exact) mass is 529 g/mol. The highest BCUT2D eigenvalue weighted by Gasteiger charge is 2.55. The van der Waals surface area contributed by atoms with Crippen LogP contribution >= 0.6 is 7.75 Å². The molecule has 36 heavy (non-hydrogen) atoms. The summed E-state index contributed by atoms with van der Waals surface area (Å²) in [6, 6.07) is 7.86. The van der Waals surface area contributed by atoms with Crippen molar-refractivity contribution in [3.05, 3.63) is 63.4 Å². The minimum absolute atomic E-state index is 0.152. The van der Waals surface area contributed by atoms with Crippen molar-refractivity contribution in [1.29, 1.82) is 0 Å². The molecule has 3 N–H and O–H groups in total. The summed E-state index contributed by atoms with van der Waals surface area (Å²) in [6.45, 7) is 5.07. The van der Waals surface area contributed by atoms with Crippen molar-refractivity contribution in [3.8, 4) is 5.75 Å². The minimum atomic E-state index is -4.30. The largest absolute Gasteiger partial charge is 0.462 e. The van der Waals surface area contributed by atoms with Crippen LogP contribution in [0.1, 0.15) is 33.9 Å². The number of H-pyrrole nitrogens is 1. The average molecular weight is 529 g/mol. The second-order valence-electron chi connectivity index (χ2n) is 8.67. The standard InChI is InChI=1S/C22H29FN3O9P/c1-13(2)33-19(29)14(3)25-36(31,35-15-8-6-5-7-9-15)32-12-16-18(28)22(4,23)20(34-16)26-11-10-17(27)24-21(26)30/h5-11,13-14,16,18,20,28H,12H2,1-4H3,(H,25,31)(H,24,27,30)/t14-,16?,18+,20?,22+,36-/m0/s1. The maximum absolute atomic E-state index is 15.4. The number of rotatable bonds is 10. The smallest absolute Gasteiger partial charge is 0.459 e. The van der Waals surface area contributed by atoms with Crippen LogP contribution in [0, 0.1) is 0 Å². The molecule has 0 spiro atoms. The molecule has 1 aliphatic heterocycles. The van der Waals surface area contributed by atoms with Gasteiger partial charge in [-0.25, -0.2) is 13.8 Å². The van der Waals surface area contributed by atoms with Gasteiger partial charge in [0.2, 0.25) is 0 Å². The van der Waals surface area contributed by atoms with E-state index in [0.717, 1.165) is 23.8 Å². The molecule has 3 rings (SSSR count). The molecule has 0 saturated carbocycles. The summed E-state index contributed by atoms with van der Waals surface area (Å²) in [4.78, 5) is 37.7. The molecular weight excluding hydrogens is 500 g/mol. The molecule has 1 fully saturated rings. The fourth-order valence-corrected chi connectivity index (χ4v) is 4.97. The topological polar surface area (TPSA) is 158 Å². The molecule has 1 saturated heterocycles. The molecule has 2 unspecified atom stereocenters. The summed E-state index contributed by atoms with van der Waals surface area (Å²) in [5, 5.41) is 13.0. The average Bonchev–Trinajstić information content (AvgIpc) is 3.01. The maximum atomic E-state index is 15.4. The van der Waals surface area contributed by atoms with Gasteiger partial charge in [-0.15, -0.1) is 0 Å². The zero-order valence-electron chi connectivity index (χ0n) is 20.1. The first-order valence-electron chi connectivity index (χ1n) is 11.1. The Morgan fingerprint density at radius 3 is 2.56 bits per heavy atom. The van der Waals surface area contributed by atoms with E-state index in [2.05, 4.69) is 5.09 Å². The van der Waals surface area contributed by atoms with Gasteiger partial charge in [-0.2, -0.15) is 5.09 Å². The van der Waals surface area contributed by atoms with Crippen molar-refractivity contribution in [3.63, 3.8) is 0 Å². The number of aliphatic hydroxyl groups is 1. The van der Waals surface area contributed by atoms with Crippen LogP contribution in [-0.4, -0.2) is 57.3 Å². The first kappa shape index (κ1) is 27.8. The number of benzene rings is 1. The zero-order chi connectivity index (χ0) is 26.7. The third-order valence-electron chi connectivity index (χ3n) is 5.26. The molecule has 1 aromatic carbocycles. The third-order valence-corrected chi connectivity index (χ3v) is 6.90. The van der Waals surface area contributed by atoms with Crippen LogP contribution < -0.4 is 20.9 Å². The van der Waals surface area contributed by atoms with Gasteiger partial charge in [-0.1, -0.05) is 18.2 Å². The van der Waals surface area contributed by atoms with Gasteiger partial charge in [0.25, 0.3) is 5.56 Å². The van der Waals surface area contributed by atoms with Crippen LogP contribution in [0.2, 0.25) is 0 Å². The predicted molar refractivity (Wildman–Crippen MR) is 125 cm³/mol. The fraction of sp³-hybridized carbons (Fsp3) is 0.500. The number of esters is 1. The second kappa shape index (κ2) is 11.1. The summed E-state index contributed by atoms with van der Waals surface area (Å²) in [7, 11) is -4.30. The van der Waals surface area contributed by atoms with Crippen molar-refractivity contribution < 1.29 is 37.4 Å². The lowest BCUT2D eigenvalue weighted by Crippen LogP contribution is -2.43. The molecule has 198 valence electrons. The number of nitrogens with zero attached hydrogens (tertiary/aromatic N) is 1. The number of aliphatic hydroxyl groups excluding tert-OH is 1. The Bertz CT molecular complexity index is 1220. The number of carbonyl (C=O) groups is 1. The number of ether oxygens (including phenoxy) is 2. The molecule has 1 aromatic heterocycles. The predicted octanol–water partition coefficient (Wildman–Crippen LogP) is 1.66. The number of halogens is 1. The first-order valence-corrected chi connectivity index (χ1v) is 12.7. The van der Waals surface area contributed by atoms with E-state index >= 15 is 4.39 Å². The van der Waals surface area contributed by atoms with E-state index in [-0.39, 0.29) is 5.75 Å². The molecular formula is C22H29FN3O9P. The Kier molecular flexibility index (Phi) is 8.52. The first-order chi connectivity index (χ1) is 16.8. The van der Waals surface area contributed by atoms with E-state index in [1.165, 1.54) is 19.1 Å². The van der Waals surface area contributed by atoms with Crippen LogP contribution in [0.5, 0.6) is 5.75 Å². The number of alkyl halides is 1.